The highest BCUT2D eigenvalue weighted by atomic mass is 35.5. The molecule has 0 aliphatic heterocycles. The molecule has 0 aliphatic carbocycles. The van der Waals surface area contributed by atoms with Crippen molar-refractivity contribution in [2.24, 2.45) is 0 Å². The Morgan fingerprint density at radius 1 is 1.03 bits per heavy atom. The molecule has 2 aromatic heterocycles. The van der Waals surface area contributed by atoms with Crippen LogP contribution >= 0.6 is 11.6 Å². The van der Waals surface area contributed by atoms with Crippen LogP contribution in [0.25, 0.3) is 10.9 Å². The van der Waals surface area contributed by atoms with Gasteiger partial charge in [0.25, 0.3) is 5.56 Å². The highest BCUT2D eigenvalue weighted by Gasteiger charge is 2.16. The van der Waals surface area contributed by atoms with E-state index in [4.69, 9.17) is 16.3 Å². The number of pyridine rings is 1. The van der Waals surface area contributed by atoms with Gasteiger partial charge in [-0.15, -0.1) is 0 Å². The minimum absolute atomic E-state index is 0.166. The van der Waals surface area contributed by atoms with Crippen molar-refractivity contribution in [2.75, 3.05) is 6.26 Å². The number of sulfone groups is 1. The minimum Gasteiger partial charge on any atom is -0.454 e. The highest BCUT2D eigenvalue weighted by molar-refractivity contribution is 7.89. The Hall–Kier alpha value is -3.17. The number of aromatic amines is 2. The van der Waals surface area contributed by atoms with Crippen LogP contribution in [0.1, 0.15) is 16.7 Å². The molecule has 0 spiro atoms. The SMILES string of the molecule is CS(=O)(=O)Cc1ccc(Oc2ccc(F)cc2F)c(Cc2c[nH]c3c(=O)[nH]c(Cl)cc23)c1. The van der Waals surface area contributed by atoms with Crippen LogP contribution in [0.15, 0.2) is 53.5 Å². The number of ether oxygens (including phenoxy) is 1. The lowest BCUT2D eigenvalue weighted by molar-refractivity contribution is 0.434. The Kier molecular flexibility index (Phi) is 5.79. The molecule has 0 amide bonds. The summed E-state index contributed by atoms with van der Waals surface area (Å²) in [6, 6.07) is 9.30. The van der Waals surface area contributed by atoms with E-state index in [1.807, 2.05) is 0 Å². The van der Waals surface area contributed by atoms with Crippen LogP contribution in [0.5, 0.6) is 11.5 Å². The Morgan fingerprint density at radius 3 is 2.50 bits per heavy atom. The second kappa shape index (κ2) is 8.40. The summed E-state index contributed by atoms with van der Waals surface area (Å²) in [6.45, 7) is 0. The maximum absolute atomic E-state index is 14.1. The molecule has 6 nitrogen and oxygen atoms in total. The zero-order valence-corrected chi connectivity index (χ0v) is 18.3. The second-order valence-corrected chi connectivity index (χ2v) is 9.96. The molecule has 10 heteroatoms. The molecule has 0 aliphatic rings. The first kappa shape index (κ1) is 22.0. The van der Waals surface area contributed by atoms with Gasteiger partial charge in [-0.3, -0.25) is 4.79 Å². The molecule has 0 saturated carbocycles. The van der Waals surface area contributed by atoms with Crippen LogP contribution in [-0.4, -0.2) is 24.6 Å². The fraction of sp³-hybridized carbons (Fsp3) is 0.136. The Morgan fingerprint density at radius 2 is 1.78 bits per heavy atom. The third-order valence-corrected chi connectivity index (χ3v) is 5.85. The number of hydrogen-bond donors (Lipinski definition) is 2. The van der Waals surface area contributed by atoms with Crippen molar-refractivity contribution in [3.8, 4) is 11.5 Å². The predicted octanol–water partition coefficient (Wildman–Crippen LogP) is 4.72. The van der Waals surface area contributed by atoms with Gasteiger partial charge in [0.2, 0.25) is 0 Å². The van der Waals surface area contributed by atoms with Crippen molar-refractivity contribution in [1.82, 2.24) is 9.97 Å². The number of aromatic nitrogens is 2. The van der Waals surface area contributed by atoms with Crippen LogP contribution in [-0.2, 0) is 22.0 Å². The summed E-state index contributed by atoms with van der Waals surface area (Å²) in [5.74, 6) is -1.72. The van der Waals surface area contributed by atoms with E-state index in [1.165, 1.54) is 12.1 Å². The first-order chi connectivity index (χ1) is 15.1. The van der Waals surface area contributed by atoms with Crippen LogP contribution in [0, 0.1) is 11.6 Å². The number of rotatable bonds is 6. The summed E-state index contributed by atoms with van der Waals surface area (Å²) in [4.78, 5) is 17.5. The van der Waals surface area contributed by atoms with Gasteiger partial charge in [-0.05, 0) is 41.0 Å². The number of hydrogen-bond acceptors (Lipinski definition) is 4. The molecule has 0 radical (unpaired) electrons. The van der Waals surface area contributed by atoms with Gasteiger partial charge in [0.15, 0.2) is 21.4 Å². The smallest absolute Gasteiger partial charge is 0.273 e. The summed E-state index contributed by atoms with van der Waals surface area (Å²) < 4.78 is 56.6. The van der Waals surface area contributed by atoms with Gasteiger partial charge in [0, 0.05) is 30.3 Å². The molecular formula is C22H17ClF2N2O4S. The van der Waals surface area contributed by atoms with Crippen molar-refractivity contribution < 1.29 is 21.9 Å². The molecule has 2 heterocycles. The van der Waals surface area contributed by atoms with Crippen LogP contribution in [0.3, 0.4) is 0 Å². The molecule has 2 N–H and O–H groups in total. The van der Waals surface area contributed by atoms with Crippen molar-refractivity contribution >= 4 is 32.3 Å². The zero-order valence-electron chi connectivity index (χ0n) is 16.7. The zero-order chi connectivity index (χ0) is 23.0. The molecule has 0 unspecified atom stereocenters. The van der Waals surface area contributed by atoms with Gasteiger partial charge < -0.3 is 14.7 Å². The highest BCUT2D eigenvalue weighted by Crippen LogP contribution is 2.32. The fourth-order valence-corrected chi connectivity index (χ4v) is 4.43. The van der Waals surface area contributed by atoms with E-state index in [0.717, 1.165) is 12.3 Å². The van der Waals surface area contributed by atoms with Gasteiger partial charge >= 0.3 is 0 Å². The summed E-state index contributed by atoms with van der Waals surface area (Å²) in [7, 11) is -3.30. The number of H-pyrrole nitrogens is 2. The quantitative estimate of drug-likeness (QED) is 0.392. The minimum atomic E-state index is -3.30. The molecule has 0 fully saturated rings. The topological polar surface area (TPSA) is 92.0 Å². The fourth-order valence-electron chi connectivity index (χ4n) is 3.45. The summed E-state index contributed by atoms with van der Waals surface area (Å²) in [5.41, 5.74) is 1.73. The first-order valence-corrected chi connectivity index (χ1v) is 11.8. The average molecular weight is 479 g/mol. The van der Waals surface area contributed by atoms with E-state index < -0.39 is 21.5 Å². The van der Waals surface area contributed by atoms with Gasteiger partial charge in [-0.2, -0.15) is 0 Å². The van der Waals surface area contributed by atoms with E-state index in [1.54, 1.807) is 24.4 Å². The lowest BCUT2D eigenvalue weighted by Crippen LogP contribution is -2.05. The van der Waals surface area contributed by atoms with Gasteiger partial charge in [0.1, 0.15) is 22.2 Å². The number of nitrogens with one attached hydrogen (secondary N) is 2. The van der Waals surface area contributed by atoms with E-state index in [0.29, 0.717) is 33.7 Å². The van der Waals surface area contributed by atoms with E-state index >= 15 is 0 Å². The first-order valence-electron chi connectivity index (χ1n) is 9.40. The average Bonchev–Trinajstić information content (AvgIpc) is 3.07. The summed E-state index contributed by atoms with van der Waals surface area (Å²) >= 11 is 5.99. The monoisotopic (exact) mass is 478 g/mol. The lowest BCUT2D eigenvalue weighted by Gasteiger charge is -2.14. The molecule has 32 heavy (non-hydrogen) atoms. The van der Waals surface area contributed by atoms with Crippen LogP contribution in [0.4, 0.5) is 8.78 Å². The van der Waals surface area contributed by atoms with E-state index in [-0.39, 0.29) is 34.4 Å². The number of benzene rings is 2. The van der Waals surface area contributed by atoms with Crippen LogP contribution in [0.2, 0.25) is 5.15 Å². The van der Waals surface area contributed by atoms with Crippen molar-refractivity contribution in [1.29, 1.82) is 0 Å². The van der Waals surface area contributed by atoms with Crippen molar-refractivity contribution in [3.05, 3.63) is 92.5 Å². The summed E-state index contributed by atoms with van der Waals surface area (Å²) in [5, 5.41) is 0.755. The predicted molar refractivity (Wildman–Crippen MR) is 118 cm³/mol. The molecule has 0 bridgehead atoms. The van der Waals surface area contributed by atoms with E-state index in [9.17, 15) is 22.0 Å². The molecule has 4 aromatic rings. The number of halogens is 3. The Balaban J connectivity index is 1.79. The maximum atomic E-state index is 14.1. The van der Waals surface area contributed by atoms with E-state index in [2.05, 4.69) is 9.97 Å². The lowest BCUT2D eigenvalue weighted by atomic mass is 10.0. The molecule has 4 rings (SSSR count). The van der Waals surface area contributed by atoms with Crippen molar-refractivity contribution in [2.45, 2.75) is 12.2 Å². The Labute approximate surface area is 186 Å². The molecular weight excluding hydrogens is 462 g/mol. The van der Waals surface area contributed by atoms with Crippen LogP contribution < -0.4 is 10.3 Å². The second-order valence-electron chi connectivity index (χ2n) is 7.41. The molecule has 166 valence electrons. The molecule has 0 atom stereocenters. The Bertz CT molecular complexity index is 1500. The largest absolute Gasteiger partial charge is 0.454 e. The maximum Gasteiger partial charge on any atom is 0.273 e. The van der Waals surface area contributed by atoms with Gasteiger partial charge in [-0.25, -0.2) is 17.2 Å². The normalized spacial score (nSPS) is 11.8. The third-order valence-electron chi connectivity index (χ3n) is 4.79. The van der Waals surface area contributed by atoms with Crippen molar-refractivity contribution in [3.63, 3.8) is 0 Å². The third kappa shape index (κ3) is 4.84. The van der Waals surface area contributed by atoms with Gasteiger partial charge in [-0.1, -0.05) is 23.7 Å². The molecule has 0 saturated heterocycles. The number of fused-ring (bicyclic) bond motifs is 1. The molecule has 2 aromatic carbocycles. The standard InChI is InChI=1S/C22H17ClF2N2O4S/c1-32(29,30)11-12-2-4-18(31-19-5-3-15(24)8-17(19)25)13(6-12)7-14-10-26-21-16(14)9-20(23)27-22(21)28/h2-6,8-10,26H,7,11H2,1H3,(H,27,28). The van der Waals surface area contributed by atoms with Gasteiger partial charge in [0.05, 0.1) is 5.75 Å². The summed E-state index contributed by atoms with van der Waals surface area (Å²) in [6.07, 6.45) is 3.00.